The minimum absolute atomic E-state index is 0.0814. The molecule has 1 amide bonds. The first kappa shape index (κ1) is 21.1. The van der Waals surface area contributed by atoms with Gasteiger partial charge in [-0.15, -0.1) is 24.9 Å². The van der Waals surface area contributed by atoms with E-state index in [1.807, 2.05) is 0 Å². The quantitative estimate of drug-likeness (QED) is 0.566. The van der Waals surface area contributed by atoms with Gasteiger partial charge in [0.1, 0.15) is 16.2 Å². The second-order valence-electron chi connectivity index (χ2n) is 7.25. The fourth-order valence-electron chi connectivity index (χ4n) is 3.61. The van der Waals surface area contributed by atoms with Gasteiger partial charge in [0.25, 0.3) is 5.91 Å². The number of hydrogen-bond acceptors (Lipinski definition) is 4. The number of amides is 1. The number of benzene rings is 2. The minimum atomic E-state index is -4.86. The Bertz CT molecular complexity index is 1190. The van der Waals surface area contributed by atoms with Crippen molar-refractivity contribution in [2.45, 2.75) is 35.3 Å². The molecule has 3 aromatic rings. The Hall–Kier alpha value is -3.14. The summed E-state index contributed by atoms with van der Waals surface area (Å²) in [6.45, 7) is 0. The number of fused-ring (bicyclic) bond motifs is 1. The van der Waals surface area contributed by atoms with Crippen LogP contribution in [-0.4, -0.2) is 32.7 Å². The molecular formula is C21H17F3N2O4S. The molecule has 6 nitrogen and oxygen atoms in total. The van der Waals surface area contributed by atoms with Gasteiger partial charge in [0.05, 0.1) is 5.52 Å². The zero-order chi connectivity index (χ0) is 22.4. The van der Waals surface area contributed by atoms with Crippen molar-refractivity contribution in [3.63, 3.8) is 0 Å². The van der Waals surface area contributed by atoms with E-state index >= 15 is 0 Å². The van der Waals surface area contributed by atoms with Crippen molar-refractivity contribution in [1.82, 2.24) is 4.57 Å². The zero-order valence-corrected chi connectivity index (χ0v) is 16.8. The lowest BCUT2D eigenvalue weighted by atomic mass is 9.84. The summed E-state index contributed by atoms with van der Waals surface area (Å²) >= 11 is 1.23. The first-order valence-corrected chi connectivity index (χ1v) is 10.1. The molecular weight excluding hydrogens is 433 g/mol. The number of carbonyl (C=O) groups excluding carboxylic acids is 1. The molecule has 0 unspecified atom stereocenters. The number of rotatable bonds is 6. The van der Waals surface area contributed by atoms with Crippen LogP contribution in [0.3, 0.4) is 0 Å². The van der Waals surface area contributed by atoms with Crippen LogP contribution >= 0.6 is 11.8 Å². The molecule has 1 aromatic heterocycles. The average molecular weight is 450 g/mol. The van der Waals surface area contributed by atoms with Gasteiger partial charge in [0.15, 0.2) is 0 Å². The molecule has 162 valence electrons. The number of hydrogen-bond donors (Lipinski definition) is 2. The van der Waals surface area contributed by atoms with Gasteiger partial charge in [-0.25, -0.2) is 0 Å². The van der Waals surface area contributed by atoms with Crippen molar-refractivity contribution >= 4 is 34.5 Å². The van der Waals surface area contributed by atoms with Gasteiger partial charge in [0, 0.05) is 22.0 Å². The largest absolute Gasteiger partial charge is 0.573 e. The number of carbonyl (C=O) groups is 2. The summed E-state index contributed by atoms with van der Waals surface area (Å²) in [4.78, 5) is 24.4. The summed E-state index contributed by atoms with van der Waals surface area (Å²) in [6, 6.07) is 12.0. The molecule has 0 aliphatic heterocycles. The second kappa shape index (κ2) is 7.52. The van der Waals surface area contributed by atoms with E-state index in [1.165, 1.54) is 34.5 Å². The van der Waals surface area contributed by atoms with Gasteiger partial charge >= 0.3 is 12.3 Å². The fraction of sp³-hybridized carbons (Fsp3) is 0.238. The Balaban J connectivity index is 1.81. The highest BCUT2D eigenvalue weighted by atomic mass is 32.2. The van der Waals surface area contributed by atoms with Crippen LogP contribution in [0.25, 0.3) is 16.6 Å². The van der Waals surface area contributed by atoms with Gasteiger partial charge in [-0.2, -0.15) is 0 Å². The first-order chi connectivity index (χ1) is 14.6. The van der Waals surface area contributed by atoms with E-state index in [4.69, 9.17) is 5.73 Å². The monoisotopic (exact) mass is 450 g/mol. The van der Waals surface area contributed by atoms with Crippen LogP contribution in [0.1, 0.15) is 29.8 Å². The number of nitrogens with zero attached hydrogens (tertiary/aromatic N) is 1. The third-order valence-electron chi connectivity index (χ3n) is 5.20. The molecule has 1 fully saturated rings. The average Bonchev–Trinajstić information content (AvgIpc) is 3.02. The molecule has 0 spiro atoms. The summed E-state index contributed by atoms with van der Waals surface area (Å²) in [7, 11) is 0. The molecule has 10 heteroatoms. The Morgan fingerprint density at radius 2 is 1.87 bits per heavy atom. The standard InChI is InChI=1S/C21H17F3N2O4S/c22-21(23,24)30-14-6-5-12-9-17(18(25)27)26(16(12)11-14)13-3-1-4-15(10-13)31-20(19(28)29)7-2-8-20/h1,3-6,9-11H,2,7-8H2,(H2,25,27)(H,28,29). The van der Waals surface area contributed by atoms with E-state index in [1.54, 1.807) is 24.3 Å². The minimum Gasteiger partial charge on any atom is -0.480 e. The smallest absolute Gasteiger partial charge is 0.480 e. The highest BCUT2D eigenvalue weighted by Crippen LogP contribution is 2.48. The Labute approximate surface area is 178 Å². The van der Waals surface area contributed by atoms with Crippen LogP contribution in [-0.2, 0) is 4.79 Å². The molecule has 4 rings (SSSR count). The fourth-order valence-corrected chi connectivity index (χ4v) is 4.96. The van der Waals surface area contributed by atoms with Crippen LogP contribution < -0.4 is 10.5 Å². The maximum Gasteiger partial charge on any atom is 0.573 e. The molecule has 1 heterocycles. The zero-order valence-electron chi connectivity index (χ0n) is 16.0. The van der Waals surface area contributed by atoms with Crippen molar-refractivity contribution in [2.75, 3.05) is 0 Å². The van der Waals surface area contributed by atoms with Crippen LogP contribution in [0.5, 0.6) is 5.75 Å². The third-order valence-corrected chi connectivity index (χ3v) is 6.67. The molecule has 1 aliphatic carbocycles. The number of carboxylic acid groups (broad SMARTS) is 1. The van der Waals surface area contributed by atoms with Gasteiger partial charge in [-0.3, -0.25) is 9.59 Å². The summed E-state index contributed by atoms with van der Waals surface area (Å²) < 4.78 is 42.5. The third kappa shape index (κ3) is 4.07. The molecule has 1 saturated carbocycles. The van der Waals surface area contributed by atoms with Gasteiger partial charge in [0.2, 0.25) is 0 Å². The van der Waals surface area contributed by atoms with Crippen molar-refractivity contribution in [3.8, 4) is 11.4 Å². The number of aliphatic carboxylic acids is 1. The predicted octanol–water partition coefficient (Wildman–Crippen LogP) is 4.73. The van der Waals surface area contributed by atoms with Gasteiger partial charge in [-0.1, -0.05) is 6.07 Å². The van der Waals surface area contributed by atoms with Crippen LogP contribution in [0.15, 0.2) is 53.4 Å². The maximum absolute atomic E-state index is 12.7. The molecule has 0 saturated heterocycles. The van der Waals surface area contributed by atoms with E-state index in [2.05, 4.69) is 4.74 Å². The SMILES string of the molecule is NC(=O)c1cc2ccc(OC(F)(F)F)cc2n1-c1cccc(SC2(C(=O)O)CCC2)c1. The number of halogens is 3. The van der Waals surface area contributed by atoms with Crippen molar-refractivity contribution in [3.05, 3.63) is 54.2 Å². The second-order valence-corrected chi connectivity index (χ2v) is 8.71. The summed E-state index contributed by atoms with van der Waals surface area (Å²) in [5.41, 5.74) is 6.36. The topological polar surface area (TPSA) is 94.6 Å². The number of alkyl halides is 3. The highest BCUT2D eigenvalue weighted by molar-refractivity contribution is 8.01. The van der Waals surface area contributed by atoms with Crippen LogP contribution in [0.4, 0.5) is 13.2 Å². The summed E-state index contributed by atoms with van der Waals surface area (Å²) in [5, 5.41) is 10.1. The number of thioether (sulfide) groups is 1. The van der Waals surface area contributed by atoms with E-state index in [0.717, 1.165) is 12.5 Å². The predicted molar refractivity (Wildman–Crippen MR) is 109 cm³/mol. The molecule has 2 aromatic carbocycles. The number of nitrogens with two attached hydrogens (primary N) is 1. The lowest BCUT2D eigenvalue weighted by Crippen LogP contribution is -2.41. The normalized spacial score (nSPS) is 15.5. The Kier molecular flexibility index (Phi) is 5.12. The lowest BCUT2D eigenvalue weighted by molar-refractivity contribution is -0.274. The summed E-state index contributed by atoms with van der Waals surface area (Å²) in [5.74, 6) is -2.07. The number of ether oxygens (including phenoxy) is 1. The number of carboxylic acids is 1. The highest BCUT2D eigenvalue weighted by Gasteiger charge is 2.45. The van der Waals surface area contributed by atoms with Gasteiger partial charge < -0.3 is 20.1 Å². The summed E-state index contributed by atoms with van der Waals surface area (Å²) in [6.07, 6.45) is -2.93. The molecule has 0 bridgehead atoms. The number of aromatic nitrogens is 1. The molecule has 31 heavy (non-hydrogen) atoms. The Morgan fingerprint density at radius 3 is 2.45 bits per heavy atom. The van der Waals surface area contributed by atoms with E-state index in [0.29, 0.717) is 34.3 Å². The van der Waals surface area contributed by atoms with E-state index in [9.17, 15) is 27.9 Å². The lowest BCUT2D eigenvalue weighted by Gasteiger charge is -2.36. The Morgan fingerprint density at radius 1 is 1.13 bits per heavy atom. The van der Waals surface area contributed by atoms with Crippen molar-refractivity contribution in [1.29, 1.82) is 0 Å². The molecule has 0 radical (unpaired) electrons. The van der Waals surface area contributed by atoms with Crippen molar-refractivity contribution in [2.24, 2.45) is 5.73 Å². The van der Waals surface area contributed by atoms with E-state index in [-0.39, 0.29) is 5.69 Å². The van der Waals surface area contributed by atoms with Gasteiger partial charge in [-0.05, 0) is 55.7 Å². The molecule has 1 aliphatic rings. The maximum atomic E-state index is 12.7. The number of primary amides is 1. The van der Waals surface area contributed by atoms with Crippen LogP contribution in [0, 0.1) is 0 Å². The molecule has 0 atom stereocenters. The van der Waals surface area contributed by atoms with Crippen molar-refractivity contribution < 1.29 is 32.6 Å². The van der Waals surface area contributed by atoms with E-state index < -0.39 is 28.7 Å². The first-order valence-electron chi connectivity index (χ1n) is 9.32. The molecule has 3 N–H and O–H groups in total. The van der Waals surface area contributed by atoms with Crippen LogP contribution in [0.2, 0.25) is 0 Å².